The van der Waals surface area contributed by atoms with Crippen LogP contribution in [-0.4, -0.2) is 32.4 Å². The van der Waals surface area contributed by atoms with Gasteiger partial charge in [-0.15, -0.1) is 0 Å². The van der Waals surface area contributed by atoms with E-state index >= 15 is 0 Å². The van der Waals surface area contributed by atoms with Gasteiger partial charge >= 0.3 is 0 Å². The first kappa shape index (κ1) is 15.6. The molecule has 1 aliphatic heterocycles. The molecular formula is C13H15Cl2NO3S. The molecule has 0 radical (unpaired) electrons. The molecule has 2 rings (SSSR count). The molecule has 1 amide bonds. The monoisotopic (exact) mass is 335 g/mol. The summed E-state index contributed by atoms with van der Waals surface area (Å²) in [6.07, 6.45) is 2.59. The van der Waals surface area contributed by atoms with E-state index in [2.05, 4.69) is 0 Å². The number of benzene rings is 1. The fraction of sp³-hybridized carbons (Fsp3) is 0.462. The Morgan fingerprint density at radius 3 is 2.60 bits per heavy atom. The molecule has 0 bridgehead atoms. The maximum Gasteiger partial charge on any atom is 0.245 e. The molecule has 0 N–H and O–H groups in total. The van der Waals surface area contributed by atoms with Crippen molar-refractivity contribution in [3.8, 4) is 0 Å². The summed E-state index contributed by atoms with van der Waals surface area (Å²) >= 11 is 12.1. The van der Waals surface area contributed by atoms with E-state index in [0.717, 1.165) is 24.7 Å². The fourth-order valence-electron chi connectivity index (χ4n) is 2.27. The highest BCUT2D eigenvalue weighted by atomic mass is 35.5. The normalized spacial score (nSPS) is 16.7. The van der Waals surface area contributed by atoms with Crippen molar-refractivity contribution in [2.24, 2.45) is 0 Å². The lowest BCUT2D eigenvalue weighted by Crippen LogP contribution is -2.44. The van der Waals surface area contributed by atoms with Crippen molar-refractivity contribution in [1.82, 2.24) is 0 Å². The number of carbonyl (C=O) groups is 1. The van der Waals surface area contributed by atoms with E-state index in [0.29, 0.717) is 22.3 Å². The zero-order chi connectivity index (χ0) is 15.1. The Morgan fingerprint density at radius 2 is 2.00 bits per heavy atom. The quantitative estimate of drug-likeness (QED) is 0.834. The fourth-order valence-corrected chi connectivity index (χ4v) is 3.41. The number of rotatable bonds is 2. The van der Waals surface area contributed by atoms with Gasteiger partial charge in [-0.3, -0.25) is 4.79 Å². The van der Waals surface area contributed by atoms with Crippen molar-refractivity contribution in [1.29, 1.82) is 0 Å². The van der Waals surface area contributed by atoms with Crippen LogP contribution in [0.5, 0.6) is 0 Å². The van der Waals surface area contributed by atoms with Crippen molar-refractivity contribution in [2.45, 2.75) is 25.0 Å². The maximum atomic E-state index is 12.4. The minimum atomic E-state index is -3.44. The zero-order valence-corrected chi connectivity index (χ0v) is 13.5. The molecule has 1 heterocycles. The van der Waals surface area contributed by atoms with Gasteiger partial charge in [0.2, 0.25) is 5.91 Å². The second-order valence-corrected chi connectivity index (χ2v) is 8.17. The number of amides is 1. The van der Waals surface area contributed by atoms with Crippen molar-refractivity contribution < 1.29 is 13.2 Å². The highest BCUT2D eigenvalue weighted by Crippen LogP contribution is 2.37. The SMILES string of the molecule is CC(C(=O)N1CCCc2cc(Cl)cc(Cl)c21)S(C)(=O)=O. The minimum absolute atomic E-state index is 0.376. The molecule has 1 aliphatic rings. The Hall–Kier alpha value is -0.780. The average molecular weight is 336 g/mol. The molecule has 20 heavy (non-hydrogen) atoms. The number of nitrogens with zero attached hydrogens (tertiary/aromatic N) is 1. The number of sulfone groups is 1. The molecule has 110 valence electrons. The van der Waals surface area contributed by atoms with Gasteiger partial charge in [0.25, 0.3) is 0 Å². The van der Waals surface area contributed by atoms with E-state index in [9.17, 15) is 13.2 Å². The van der Waals surface area contributed by atoms with Crippen molar-refractivity contribution in [3.63, 3.8) is 0 Å². The standard InChI is InChI=1S/C13H15Cl2NO3S/c1-8(20(2,18)19)13(17)16-5-3-4-9-6-10(14)7-11(15)12(9)16/h6-8H,3-5H2,1-2H3. The maximum absolute atomic E-state index is 12.4. The molecular weight excluding hydrogens is 321 g/mol. The van der Waals surface area contributed by atoms with Crippen LogP contribution in [0.25, 0.3) is 0 Å². The smallest absolute Gasteiger partial charge is 0.245 e. The molecule has 0 saturated carbocycles. The van der Waals surface area contributed by atoms with Gasteiger partial charge in [-0.05, 0) is 37.5 Å². The number of hydrogen-bond donors (Lipinski definition) is 0. The largest absolute Gasteiger partial charge is 0.310 e. The second kappa shape index (κ2) is 5.54. The molecule has 1 atom stereocenters. The van der Waals surface area contributed by atoms with Crippen LogP contribution in [0.15, 0.2) is 12.1 Å². The minimum Gasteiger partial charge on any atom is -0.310 e. The molecule has 0 fully saturated rings. The van der Waals surface area contributed by atoms with Gasteiger partial charge in [0, 0.05) is 17.8 Å². The summed E-state index contributed by atoms with van der Waals surface area (Å²) in [7, 11) is -3.44. The van der Waals surface area contributed by atoms with Crippen LogP contribution in [0.3, 0.4) is 0 Å². The lowest BCUT2D eigenvalue weighted by atomic mass is 10.0. The van der Waals surface area contributed by atoms with E-state index in [1.54, 1.807) is 12.1 Å². The molecule has 0 saturated heterocycles. The van der Waals surface area contributed by atoms with E-state index < -0.39 is 21.0 Å². The average Bonchev–Trinajstić information content (AvgIpc) is 2.34. The first-order valence-electron chi connectivity index (χ1n) is 6.20. The van der Waals surface area contributed by atoms with Crippen LogP contribution in [0.4, 0.5) is 5.69 Å². The van der Waals surface area contributed by atoms with Gasteiger partial charge in [-0.1, -0.05) is 23.2 Å². The van der Waals surface area contributed by atoms with Crippen molar-refractivity contribution in [2.75, 3.05) is 17.7 Å². The third-order valence-electron chi connectivity index (χ3n) is 3.46. The summed E-state index contributed by atoms with van der Waals surface area (Å²) < 4.78 is 23.1. The topological polar surface area (TPSA) is 54.5 Å². The van der Waals surface area contributed by atoms with E-state index in [4.69, 9.17) is 23.2 Å². The molecule has 4 nitrogen and oxygen atoms in total. The third kappa shape index (κ3) is 2.95. The van der Waals surface area contributed by atoms with E-state index in [-0.39, 0.29) is 0 Å². The Labute approximate surface area is 128 Å². The van der Waals surface area contributed by atoms with E-state index in [1.165, 1.54) is 11.8 Å². The predicted molar refractivity (Wildman–Crippen MR) is 81.4 cm³/mol. The molecule has 0 aliphatic carbocycles. The number of hydrogen-bond acceptors (Lipinski definition) is 3. The van der Waals surface area contributed by atoms with Crippen LogP contribution >= 0.6 is 23.2 Å². The number of halogens is 2. The summed E-state index contributed by atoms with van der Waals surface area (Å²) in [4.78, 5) is 13.9. The molecule has 7 heteroatoms. The summed E-state index contributed by atoms with van der Waals surface area (Å²) in [5, 5.41) is -0.194. The summed E-state index contributed by atoms with van der Waals surface area (Å²) in [6.45, 7) is 1.86. The van der Waals surface area contributed by atoms with Crippen LogP contribution in [0, 0.1) is 0 Å². The van der Waals surface area contributed by atoms with Crippen molar-refractivity contribution in [3.05, 3.63) is 27.7 Å². The van der Waals surface area contributed by atoms with Gasteiger partial charge in [0.15, 0.2) is 9.84 Å². The lowest BCUT2D eigenvalue weighted by molar-refractivity contribution is -0.118. The number of anilines is 1. The highest BCUT2D eigenvalue weighted by molar-refractivity contribution is 7.92. The van der Waals surface area contributed by atoms with Crippen LogP contribution in [0.1, 0.15) is 18.9 Å². The van der Waals surface area contributed by atoms with Crippen LogP contribution in [0.2, 0.25) is 10.0 Å². The van der Waals surface area contributed by atoms with Gasteiger partial charge in [0.1, 0.15) is 5.25 Å². The number of fused-ring (bicyclic) bond motifs is 1. The Kier molecular flexibility index (Phi) is 4.33. The Bertz CT molecular complexity index is 658. The number of carbonyl (C=O) groups excluding carboxylic acids is 1. The van der Waals surface area contributed by atoms with Gasteiger partial charge in [-0.2, -0.15) is 0 Å². The Balaban J connectivity index is 2.46. The van der Waals surface area contributed by atoms with Crippen molar-refractivity contribution >= 4 is 44.6 Å². The van der Waals surface area contributed by atoms with Gasteiger partial charge in [0.05, 0.1) is 10.7 Å². The molecule has 0 aromatic heterocycles. The third-order valence-corrected chi connectivity index (χ3v) is 5.45. The van der Waals surface area contributed by atoms with Crippen LogP contribution in [-0.2, 0) is 21.1 Å². The van der Waals surface area contributed by atoms with E-state index in [1.807, 2.05) is 0 Å². The highest BCUT2D eigenvalue weighted by Gasteiger charge is 2.32. The summed E-state index contributed by atoms with van der Waals surface area (Å²) in [6, 6.07) is 3.34. The first-order valence-corrected chi connectivity index (χ1v) is 8.91. The second-order valence-electron chi connectivity index (χ2n) is 4.96. The first-order chi connectivity index (χ1) is 9.21. The molecule has 1 aromatic carbocycles. The lowest BCUT2D eigenvalue weighted by Gasteiger charge is -2.32. The zero-order valence-electron chi connectivity index (χ0n) is 11.2. The predicted octanol–water partition coefficient (Wildman–Crippen LogP) is 2.71. The summed E-state index contributed by atoms with van der Waals surface area (Å²) in [5.74, 6) is -0.447. The van der Waals surface area contributed by atoms with Gasteiger partial charge in [-0.25, -0.2) is 8.42 Å². The van der Waals surface area contributed by atoms with Gasteiger partial charge < -0.3 is 4.90 Å². The Morgan fingerprint density at radius 1 is 1.35 bits per heavy atom. The molecule has 0 spiro atoms. The molecule has 1 unspecified atom stereocenters. The molecule has 1 aromatic rings. The summed E-state index contributed by atoms with van der Waals surface area (Å²) in [5.41, 5.74) is 1.46. The number of aryl methyl sites for hydroxylation is 1. The van der Waals surface area contributed by atoms with Crippen LogP contribution < -0.4 is 4.90 Å².